The van der Waals surface area contributed by atoms with Gasteiger partial charge in [-0.3, -0.25) is 14.9 Å². The highest BCUT2D eigenvalue weighted by Gasteiger charge is 2.20. The van der Waals surface area contributed by atoms with E-state index in [-0.39, 0.29) is 5.82 Å². The molecular weight excluding hydrogens is 172 g/mol. The van der Waals surface area contributed by atoms with Crippen LogP contribution in [-0.2, 0) is 0 Å². The summed E-state index contributed by atoms with van der Waals surface area (Å²) < 4.78 is 0. The number of nitro groups is 1. The highest BCUT2D eigenvalue weighted by Crippen LogP contribution is 2.15. The summed E-state index contributed by atoms with van der Waals surface area (Å²) in [5, 5.41) is 19.0. The fourth-order valence-corrected chi connectivity index (χ4v) is 0.729. The summed E-state index contributed by atoms with van der Waals surface area (Å²) in [6.07, 6.45) is 0. The van der Waals surface area contributed by atoms with Crippen molar-refractivity contribution < 1.29 is 10.0 Å². The first-order valence-electron chi connectivity index (χ1n) is 2.96. The number of rotatable bonds is 1. The van der Waals surface area contributed by atoms with Gasteiger partial charge in [0.1, 0.15) is 5.82 Å². The quantitative estimate of drug-likeness (QED) is 0.451. The van der Waals surface area contributed by atoms with E-state index < -0.39 is 22.0 Å². The maximum atomic E-state index is 10.8. The lowest BCUT2D eigenvalue weighted by Gasteiger charge is -1.94. The predicted octanol–water partition coefficient (Wildman–Crippen LogP) is -0.308. The first-order chi connectivity index (χ1) is 5.52. The number of nitrogens with zero attached hydrogens (tertiary/aromatic N) is 2. The van der Waals surface area contributed by atoms with Gasteiger partial charge in [0.15, 0.2) is 0 Å². The number of nitrogens with one attached hydrogen (secondary N) is 1. The van der Waals surface area contributed by atoms with Crippen molar-refractivity contribution in [3.63, 3.8) is 0 Å². The van der Waals surface area contributed by atoms with Crippen molar-refractivity contribution in [2.45, 2.75) is 6.92 Å². The standard InChI is InChI=1S/C5H5N3O4/c1-2-6-4(9)3(8(11)12)5(10)7-2/h1H3,(H2,6,7,9,10)/i2+2,4+2,5+2. The van der Waals surface area contributed by atoms with Gasteiger partial charge >= 0.3 is 11.2 Å². The molecule has 7 heteroatoms. The summed E-state index contributed by atoms with van der Waals surface area (Å²) in [5.74, 6) is -0.732. The summed E-state index contributed by atoms with van der Waals surface area (Å²) in [6, 6.07) is 0. The summed E-state index contributed by atoms with van der Waals surface area (Å²) in [7, 11) is 0. The van der Waals surface area contributed by atoms with Gasteiger partial charge in [-0.25, -0.2) is 0 Å². The molecule has 0 unspecified atom stereocenters. The molecule has 0 saturated heterocycles. The van der Waals surface area contributed by atoms with Gasteiger partial charge in [0.25, 0.3) is 5.88 Å². The molecule has 12 heavy (non-hydrogen) atoms. The Labute approximate surface area is 65.8 Å². The number of aromatic nitrogens is 2. The maximum absolute atomic E-state index is 10.8. The molecule has 0 radical (unpaired) electrons. The van der Waals surface area contributed by atoms with Gasteiger partial charge in [0, 0.05) is 0 Å². The topological polar surface area (TPSA) is 109 Å². The van der Waals surface area contributed by atoms with Crippen molar-refractivity contribution in [3.8, 4) is 5.88 Å². The van der Waals surface area contributed by atoms with E-state index in [4.69, 9.17) is 5.11 Å². The van der Waals surface area contributed by atoms with Crippen molar-refractivity contribution >= 4 is 5.69 Å². The molecular formula is C5H5N3O4. The molecule has 0 aromatic carbocycles. The zero-order chi connectivity index (χ0) is 9.30. The third kappa shape index (κ3) is 1.24. The van der Waals surface area contributed by atoms with Crippen molar-refractivity contribution in [2.24, 2.45) is 0 Å². The summed E-state index contributed by atoms with van der Waals surface area (Å²) in [4.78, 5) is 25.4. The second kappa shape index (κ2) is 2.61. The fraction of sp³-hybridized carbons (Fsp3) is 0.200. The first-order valence-corrected chi connectivity index (χ1v) is 2.96. The average molecular weight is 177 g/mol. The Morgan fingerprint density at radius 1 is 1.75 bits per heavy atom. The van der Waals surface area contributed by atoms with Crippen LogP contribution >= 0.6 is 0 Å². The third-order valence-corrected chi connectivity index (χ3v) is 1.18. The molecule has 1 rings (SSSR count). The first kappa shape index (κ1) is 8.18. The number of aryl methyl sites for hydroxylation is 1. The van der Waals surface area contributed by atoms with Crippen LogP contribution in [0.25, 0.3) is 0 Å². The molecule has 0 aliphatic rings. The van der Waals surface area contributed by atoms with Crippen LogP contribution in [0.15, 0.2) is 4.79 Å². The molecule has 64 valence electrons. The van der Waals surface area contributed by atoms with Crippen molar-refractivity contribution in [2.75, 3.05) is 0 Å². The van der Waals surface area contributed by atoms with Crippen molar-refractivity contribution in [1.29, 1.82) is 0 Å². The van der Waals surface area contributed by atoms with Gasteiger partial charge in [0.05, 0.1) is 4.92 Å². The Morgan fingerprint density at radius 2 is 2.33 bits per heavy atom. The van der Waals surface area contributed by atoms with Gasteiger partial charge in [-0.05, 0) is 6.92 Å². The van der Waals surface area contributed by atoms with E-state index in [1.54, 1.807) is 0 Å². The van der Waals surface area contributed by atoms with Crippen LogP contribution in [0.5, 0.6) is 5.88 Å². The predicted molar refractivity (Wildman–Crippen MR) is 37.9 cm³/mol. The second-order valence-electron chi connectivity index (χ2n) is 2.08. The molecule has 1 aromatic heterocycles. The number of H-pyrrole nitrogens is 1. The Balaban J connectivity index is 3.49. The normalized spacial score (nSPS) is 9.75. The van der Waals surface area contributed by atoms with Crippen LogP contribution in [-0.4, -0.2) is 20.0 Å². The largest absolute Gasteiger partial charge is 0.488 e. The highest BCUT2D eigenvalue weighted by molar-refractivity contribution is 5.36. The molecule has 0 aliphatic carbocycles. The second-order valence-corrected chi connectivity index (χ2v) is 2.08. The van der Waals surface area contributed by atoms with E-state index in [2.05, 4.69) is 9.97 Å². The summed E-state index contributed by atoms with van der Waals surface area (Å²) in [5.41, 5.74) is -1.88. The zero-order valence-corrected chi connectivity index (χ0v) is 6.07. The average Bonchev–Trinajstić information content (AvgIpc) is 1.82. The molecule has 0 atom stereocenters. The molecule has 0 saturated carbocycles. The minimum atomic E-state index is -0.986. The summed E-state index contributed by atoms with van der Waals surface area (Å²) in [6.45, 7) is 1.41. The van der Waals surface area contributed by atoms with Crippen LogP contribution in [0.1, 0.15) is 5.82 Å². The molecule has 0 bridgehead atoms. The number of aromatic amines is 1. The van der Waals surface area contributed by atoms with E-state index in [9.17, 15) is 14.9 Å². The third-order valence-electron chi connectivity index (χ3n) is 1.18. The van der Waals surface area contributed by atoms with E-state index in [1.807, 2.05) is 0 Å². The molecule has 2 N–H and O–H groups in total. The van der Waals surface area contributed by atoms with E-state index in [0.29, 0.717) is 0 Å². The molecule has 7 nitrogen and oxygen atoms in total. The Bertz CT molecular complexity index is 383. The lowest BCUT2D eigenvalue weighted by molar-refractivity contribution is -0.387. The molecule has 1 aromatic rings. The molecule has 1 heterocycles. The summed E-state index contributed by atoms with van der Waals surface area (Å²) >= 11 is 0. The van der Waals surface area contributed by atoms with Gasteiger partial charge in [0.2, 0.25) is 0 Å². The minimum absolute atomic E-state index is 0.128. The van der Waals surface area contributed by atoms with Gasteiger partial charge in [-0.2, -0.15) is 4.98 Å². The Kier molecular flexibility index (Phi) is 1.78. The van der Waals surface area contributed by atoms with E-state index in [0.717, 1.165) is 0 Å². The highest BCUT2D eigenvalue weighted by atomic mass is 16.6. The Hall–Kier alpha value is -1.92. The van der Waals surface area contributed by atoms with Crippen molar-refractivity contribution in [1.82, 2.24) is 9.97 Å². The van der Waals surface area contributed by atoms with Crippen molar-refractivity contribution in [3.05, 3.63) is 26.3 Å². The SMILES string of the molecule is C[14c]1n[14c](O)c([N+](=O)[O-])[14c](=O)[nH]1. The van der Waals surface area contributed by atoms with Crippen LogP contribution < -0.4 is 5.56 Å². The van der Waals surface area contributed by atoms with E-state index in [1.165, 1.54) is 6.92 Å². The van der Waals surface area contributed by atoms with Crippen LogP contribution in [0, 0.1) is 17.0 Å². The molecule has 0 aliphatic heterocycles. The number of aromatic hydroxyl groups is 1. The van der Waals surface area contributed by atoms with Crippen LogP contribution in [0.4, 0.5) is 5.69 Å². The zero-order valence-electron chi connectivity index (χ0n) is 6.07. The van der Waals surface area contributed by atoms with Crippen LogP contribution in [0.3, 0.4) is 0 Å². The molecule has 0 spiro atoms. The maximum Gasteiger partial charge on any atom is 0.395 e. The Morgan fingerprint density at radius 3 is 2.75 bits per heavy atom. The van der Waals surface area contributed by atoms with Gasteiger partial charge in [-0.1, -0.05) is 0 Å². The lowest BCUT2D eigenvalue weighted by atomic mass is 11.1. The van der Waals surface area contributed by atoms with Gasteiger partial charge < -0.3 is 10.1 Å². The van der Waals surface area contributed by atoms with Crippen LogP contribution in [0.2, 0.25) is 0 Å². The molecule has 0 fully saturated rings. The smallest absolute Gasteiger partial charge is 0.395 e. The number of hydrogen-bond acceptors (Lipinski definition) is 5. The van der Waals surface area contributed by atoms with E-state index >= 15 is 0 Å². The fourth-order valence-electron chi connectivity index (χ4n) is 0.729. The molecule has 0 amide bonds. The minimum Gasteiger partial charge on any atom is -0.488 e. The van der Waals surface area contributed by atoms with Gasteiger partial charge in [-0.15, -0.1) is 0 Å². The monoisotopic (exact) mass is 177 g/mol. The lowest BCUT2D eigenvalue weighted by Crippen LogP contribution is -2.13. The number of hydrogen-bond donors (Lipinski definition) is 2.